The van der Waals surface area contributed by atoms with Crippen molar-refractivity contribution in [3.63, 3.8) is 0 Å². The smallest absolute Gasteiger partial charge is 0.302 e. The molecule has 0 aromatic carbocycles. The lowest BCUT2D eigenvalue weighted by molar-refractivity contribution is -0.147. The minimum absolute atomic E-state index is 0.157. The maximum absolute atomic E-state index is 10.7. The van der Waals surface area contributed by atoms with E-state index in [-0.39, 0.29) is 18.0 Å². The van der Waals surface area contributed by atoms with E-state index in [0.29, 0.717) is 25.9 Å². The molecule has 0 heterocycles. The van der Waals surface area contributed by atoms with Crippen LogP contribution >= 0.6 is 0 Å². The van der Waals surface area contributed by atoms with Gasteiger partial charge in [-0.05, 0) is 12.8 Å². The van der Waals surface area contributed by atoms with E-state index in [0.717, 1.165) is 0 Å². The Balaban J connectivity index is 3.70. The monoisotopic (exact) mass is 214 g/mol. The molecule has 0 aliphatic rings. The highest BCUT2D eigenvalue weighted by atomic mass is 16.5. The molecule has 0 fully saturated rings. The maximum atomic E-state index is 10.7. The third kappa shape index (κ3) is 9.00. The molecule has 0 aliphatic heterocycles. The Kier molecular flexibility index (Phi) is 7.32. The second-order valence-electron chi connectivity index (χ2n) is 3.24. The summed E-state index contributed by atoms with van der Waals surface area (Å²) in [6.45, 7) is 6.70. The van der Waals surface area contributed by atoms with Crippen LogP contribution < -0.4 is 0 Å². The average Bonchev–Trinajstić information content (AvgIpc) is 2.11. The lowest BCUT2D eigenvalue weighted by Crippen LogP contribution is -2.16. The molecule has 0 N–H and O–H groups in total. The summed E-state index contributed by atoms with van der Waals surface area (Å²) in [5.41, 5.74) is 0. The zero-order valence-corrected chi connectivity index (χ0v) is 9.32. The summed E-state index contributed by atoms with van der Waals surface area (Å²) in [6, 6.07) is 0. The predicted molar refractivity (Wildman–Crippen MR) is 56.2 cm³/mol. The van der Waals surface area contributed by atoms with Crippen molar-refractivity contribution in [3.8, 4) is 0 Å². The van der Waals surface area contributed by atoms with Gasteiger partial charge in [0.25, 0.3) is 0 Å². The topological polar surface area (TPSA) is 52.6 Å². The highest BCUT2D eigenvalue weighted by Crippen LogP contribution is 2.08. The van der Waals surface area contributed by atoms with Crippen molar-refractivity contribution in [2.75, 3.05) is 6.61 Å². The van der Waals surface area contributed by atoms with Gasteiger partial charge in [0.05, 0.1) is 6.61 Å². The molecule has 0 saturated carbocycles. The van der Waals surface area contributed by atoms with Gasteiger partial charge in [-0.2, -0.15) is 0 Å². The number of esters is 2. The van der Waals surface area contributed by atoms with Crippen molar-refractivity contribution in [2.45, 2.75) is 39.2 Å². The molecule has 0 saturated heterocycles. The molecule has 1 unspecified atom stereocenters. The van der Waals surface area contributed by atoms with Crippen molar-refractivity contribution in [2.24, 2.45) is 0 Å². The van der Waals surface area contributed by atoms with Crippen molar-refractivity contribution < 1.29 is 19.1 Å². The van der Waals surface area contributed by atoms with Gasteiger partial charge in [0.1, 0.15) is 6.10 Å². The number of hydrogen-bond donors (Lipinski definition) is 0. The van der Waals surface area contributed by atoms with Crippen LogP contribution in [0.25, 0.3) is 0 Å². The van der Waals surface area contributed by atoms with Crippen LogP contribution in [0.5, 0.6) is 0 Å². The Morgan fingerprint density at radius 3 is 2.47 bits per heavy atom. The molecule has 0 amide bonds. The molecule has 0 rings (SSSR count). The minimum atomic E-state index is -0.297. The highest BCUT2D eigenvalue weighted by molar-refractivity contribution is 5.66. The van der Waals surface area contributed by atoms with Crippen LogP contribution in [-0.2, 0) is 19.1 Å². The summed E-state index contributed by atoms with van der Waals surface area (Å²) in [4.78, 5) is 21.2. The molecular formula is C11H18O4. The largest absolute Gasteiger partial charge is 0.466 e. The molecule has 0 spiro atoms. The lowest BCUT2D eigenvalue weighted by atomic mass is 10.1. The van der Waals surface area contributed by atoms with Crippen molar-refractivity contribution >= 4 is 11.9 Å². The van der Waals surface area contributed by atoms with E-state index in [9.17, 15) is 9.59 Å². The lowest BCUT2D eigenvalue weighted by Gasteiger charge is -2.14. The molecule has 0 aromatic rings. The Morgan fingerprint density at radius 2 is 2.00 bits per heavy atom. The fourth-order valence-corrected chi connectivity index (χ4v) is 1.17. The molecule has 86 valence electrons. The summed E-state index contributed by atoms with van der Waals surface area (Å²) < 4.78 is 9.82. The van der Waals surface area contributed by atoms with E-state index in [4.69, 9.17) is 9.47 Å². The molecule has 0 radical (unpaired) electrons. The summed E-state index contributed by atoms with van der Waals surface area (Å²) in [5.74, 6) is -0.586. The molecule has 4 nitrogen and oxygen atoms in total. The Hall–Kier alpha value is -1.32. The van der Waals surface area contributed by atoms with Gasteiger partial charge < -0.3 is 9.47 Å². The summed E-state index contributed by atoms with van der Waals surface area (Å²) in [5, 5.41) is 0. The van der Waals surface area contributed by atoms with Gasteiger partial charge in [-0.25, -0.2) is 0 Å². The van der Waals surface area contributed by atoms with Crippen LogP contribution in [0.2, 0.25) is 0 Å². The van der Waals surface area contributed by atoms with Crippen LogP contribution in [0.1, 0.15) is 33.1 Å². The van der Waals surface area contributed by atoms with Gasteiger partial charge in [0.15, 0.2) is 0 Å². The van der Waals surface area contributed by atoms with Gasteiger partial charge in [0, 0.05) is 20.3 Å². The van der Waals surface area contributed by atoms with E-state index in [1.54, 1.807) is 6.08 Å². The van der Waals surface area contributed by atoms with Crippen molar-refractivity contribution in [3.05, 3.63) is 12.7 Å². The first-order valence-electron chi connectivity index (χ1n) is 4.97. The second-order valence-corrected chi connectivity index (χ2v) is 3.24. The van der Waals surface area contributed by atoms with Crippen molar-refractivity contribution in [1.29, 1.82) is 0 Å². The van der Waals surface area contributed by atoms with Crippen LogP contribution in [-0.4, -0.2) is 24.6 Å². The van der Waals surface area contributed by atoms with Crippen LogP contribution in [0.15, 0.2) is 12.7 Å². The van der Waals surface area contributed by atoms with Crippen molar-refractivity contribution in [1.82, 2.24) is 0 Å². The molecule has 0 aliphatic carbocycles. The normalized spacial score (nSPS) is 11.6. The third-order valence-corrected chi connectivity index (χ3v) is 1.74. The maximum Gasteiger partial charge on any atom is 0.302 e. The fraction of sp³-hybridized carbons (Fsp3) is 0.636. The zero-order chi connectivity index (χ0) is 11.7. The second kappa shape index (κ2) is 8.03. The Morgan fingerprint density at radius 1 is 1.33 bits per heavy atom. The number of ether oxygens (including phenoxy) is 2. The number of hydrogen-bond acceptors (Lipinski definition) is 4. The van der Waals surface area contributed by atoms with Gasteiger partial charge >= 0.3 is 11.9 Å². The fourth-order valence-electron chi connectivity index (χ4n) is 1.17. The third-order valence-electron chi connectivity index (χ3n) is 1.74. The van der Waals surface area contributed by atoms with Crippen LogP contribution in [0.3, 0.4) is 0 Å². The Bertz CT molecular complexity index is 223. The van der Waals surface area contributed by atoms with Crippen LogP contribution in [0.4, 0.5) is 0 Å². The molecule has 4 heteroatoms. The number of rotatable bonds is 7. The Labute approximate surface area is 90.2 Å². The predicted octanol–water partition coefficient (Wildman–Crippen LogP) is 1.84. The minimum Gasteiger partial charge on any atom is -0.466 e. The van der Waals surface area contributed by atoms with E-state index in [1.165, 1.54) is 13.8 Å². The van der Waals surface area contributed by atoms with Crippen LogP contribution in [0, 0.1) is 0 Å². The van der Waals surface area contributed by atoms with E-state index < -0.39 is 0 Å². The summed E-state index contributed by atoms with van der Waals surface area (Å²) >= 11 is 0. The van der Waals surface area contributed by atoms with E-state index >= 15 is 0 Å². The first kappa shape index (κ1) is 13.7. The SMILES string of the molecule is C=CCC(CCCOC(C)=O)OC(C)=O. The molecular weight excluding hydrogens is 196 g/mol. The standard InChI is InChI=1S/C11H18O4/c1-4-6-11(15-10(3)13)7-5-8-14-9(2)12/h4,11H,1,5-8H2,2-3H3. The summed E-state index contributed by atoms with van der Waals surface area (Å²) in [7, 11) is 0. The summed E-state index contributed by atoms with van der Waals surface area (Å²) in [6.07, 6.45) is 3.54. The van der Waals surface area contributed by atoms with Gasteiger partial charge in [0.2, 0.25) is 0 Å². The molecule has 1 atom stereocenters. The van der Waals surface area contributed by atoms with Gasteiger partial charge in [-0.3, -0.25) is 9.59 Å². The quantitative estimate of drug-likeness (QED) is 0.368. The van der Waals surface area contributed by atoms with E-state index in [2.05, 4.69) is 6.58 Å². The van der Waals surface area contributed by atoms with Gasteiger partial charge in [-0.15, -0.1) is 6.58 Å². The molecule has 0 aromatic heterocycles. The molecule has 15 heavy (non-hydrogen) atoms. The first-order valence-corrected chi connectivity index (χ1v) is 4.97. The molecule has 0 bridgehead atoms. The first-order chi connectivity index (χ1) is 7.06. The van der Waals surface area contributed by atoms with Gasteiger partial charge in [-0.1, -0.05) is 6.08 Å². The average molecular weight is 214 g/mol. The number of carbonyl (C=O) groups excluding carboxylic acids is 2. The zero-order valence-electron chi connectivity index (χ0n) is 9.32. The van der Waals surface area contributed by atoms with E-state index in [1.807, 2.05) is 0 Å². The number of carbonyl (C=O) groups is 2. The highest BCUT2D eigenvalue weighted by Gasteiger charge is 2.09.